The highest BCUT2D eigenvalue weighted by atomic mass is 16.7. The van der Waals surface area contributed by atoms with Gasteiger partial charge >= 0.3 is 6.09 Å². The number of aromatic hydroxyl groups is 1. The lowest BCUT2D eigenvalue weighted by Crippen LogP contribution is -2.69. The molecule has 1 aromatic rings. The monoisotopic (exact) mass is 726 g/mol. The molecule has 6 unspecified atom stereocenters. The number of nitrogens with zero attached hydrogens (tertiary/aromatic N) is 2. The molecule has 52 heavy (non-hydrogen) atoms. The van der Waals surface area contributed by atoms with Gasteiger partial charge in [0.1, 0.15) is 24.7 Å². The number of oxime groups is 1. The molecule has 3 N–H and O–H groups in total. The first-order valence-electron chi connectivity index (χ1n) is 20.1. The summed E-state index contributed by atoms with van der Waals surface area (Å²) < 4.78 is 19.7. The molecule has 0 aromatic heterocycles. The van der Waals surface area contributed by atoms with Crippen LogP contribution in [0.15, 0.2) is 47.7 Å². The summed E-state index contributed by atoms with van der Waals surface area (Å²) >= 11 is 0. The van der Waals surface area contributed by atoms with Crippen LogP contribution in [0.25, 0.3) is 0 Å². The summed E-state index contributed by atoms with van der Waals surface area (Å²) in [6.07, 6.45) is 20.6. The second-order valence-electron chi connectivity index (χ2n) is 14.9. The molecule has 1 aromatic carbocycles. The number of phenolic OH excluding ortho intramolecular Hbond substituents is 1. The van der Waals surface area contributed by atoms with Crippen LogP contribution >= 0.6 is 0 Å². The first-order chi connectivity index (χ1) is 25.4. The zero-order chi connectivity index (χ0) is 37.3. The molecule has 2 aliphatic carbocycles. The molecule has 0 spiro atoms. The van der Waals surface area contributed by atoms with Crippen LogP contribution in [0.4, 0.5) is 4.79 Å². The maximum Gasteiger partial charge on any atom is 0.409 e. The molecular formula is C42H66N2O8. The number of fused-ring (bicyclic) bond motifs is 2. The number of benzene rings is 1. The molecule has 1 amide bonds. The van der Waals surface area contributed by atoms with Gasteiger partial charge in [-0.05, 0) is 67.7 Å². The lowest BCUT2D eigenvalue weighted by Gasteiger charge is -2.59. The second kappa shape index (κ2) is 21.6. The van der Waals surface area contributed by atoms with Crippen molar-refractivity contribution >= 4 is 11.8 Å². The van der Waals surface area contributed by atoms with E-state index in [4.69, 9.17) is 19.0 Å². The van der Waals surface area contributed by atoms with Crippen molar-refractivity contribution in [3.63, 3.8) is 0 Å². The Morgan fingerprint density at radius 2 is 1.67 bits per heavy atom. The van der Waals surface area contributed by atoms with Crippen LogP contribution in [-0.2, 0) is 14.3 Å². The fourth-order valence-corrected chi connectivity index (χ4v) is 8.83. The summed E-state index contributed by atoms with van der Waals surface area (Å²) in [7, 11) is 3.28. The third kappa shape index (κ3) is 10.3. The van der Waals surface area contributed by atoms with Gasteiger partial charge in [-0.3, -0.25) is 0 Å². The normalized spacial score (nSPS) is 25.4. The number of amides is 1. The summed E-state index contributed by atoms with van der Waals surface area (Å²) in [6, 6.07) is 4.59. The number of unbranched alkanes of at least 4 members (excludes halogenated alkanes) is 11. The van der Waals surface area contributed by atoms with E-state index < -0.39 is 23.8 Å². The van der Waals surface area contributed by atoms with Crippen molar-refractivity contribution in [2.24, 2.45) is 22.9 Å². The lowest BCUT2D eigenvalue weighted by molar-refractivity contribution is -0.253. The van der Waals surface area contributed by atoms with Gasteiger partial charge in [-0.15, -0.1) is 6.58 Å². The van der Waals surface area contributed by atoms with Crippen LogP contribution in [0.3, 0.4) is 0 Å². The number of aliphatic hydroxyl groups is 2. The SMILES string of the molecule is C=CCOC12Oc3ccc(O)cc3C3C(CCCCO)C(CCCCO)C=C(C(=NOC)CC1N(C)C(=O)OCCCCCCCCCCCC)C32. The van der Waals surface area contributed by atoms with E-state index in [1.807, 2.05) is 0 Å². The maximum atomic E-state index is 13.8. The van der Waals surface area contributed by atoms with Gasteiger partial charge in [-0.25, -0.2) is 4.79 Å². The molecule has 3 aliphatic rings. The lowest BCUT2D eigenvalue weighted by atomic mass is 9.55. The van der Waals surface area contributed by atoms with Crippen molar-refractivity contribution in [2.45, 2.75) is 134 Å². The van der Waals surface area contributed by atoms with Crippen molar-refractivity contribution in [1.82, 2.24) is 4.90 Å². The number of likely N-dealkylation sites (N-methyl/N-ethyl adjacent to an activating group) is 1. The van der Waals surface area contributed by atoms with Gasteiger partial charge < -0.3 is 39.3 Å². The van der Waals surface area contributed by atoms with Crippen molar-refractivity contribution in [2.75, 3.05) is 40.6 Å². The summed E-state index contributed by atoms with van der Waals surface area (Å²) in [5.41, 5.74) is 2.57. The highest BCUT2D eigenvalue weighted by Gasteiger charge is 2.65. The molecule has 0 bridgehead atoms. The van der Waals surface area contributed by atoms with Crippen LogP contribution < -0.4 is 4.74 Å². The first kappa shape index (κ1) is 41.7. The summed E-state index contributed by atoms with van der Waals surface area (Å²) in [6.45, 7) is 6.97. The van der Waals surface area contributed by atoms with Gasteiger partial charge in [0.25, 0.3) is 0 Å². The van der Waals surface area contributed by atoms with Gasteiger partial charge in [0, 0.05) is 38.2 Å². The summed E-state index contributed by atoms with van der Waals surface area (Å²) in [5.74, 6) is -0.901. The number of carbonyl (C=O) groups excluding carboxylic acids is 1. The van der Waals surface area contributed by atoms with E-state index in [1.54, 1.807) is 36.2 Å². The highest BCUT2D eigenvalue weighted by Crippen LogP contribution is 2.61. The van der Waals surface area contributed by atoms with E-state index in [-0.39, 0.29) is 43.3 Å². The van der Waals surface area contributed by atoms with Crippen molar-refractivity contribution < 1.29 is 39.2 Å². The molecule has 292 valence electrons. The van der Waals surface area contributed by atoms with Gasteiger partial charge in [-0.2, -0.15) is 0 Å². The van der Waals surface area contributed by atoms with Crippen molar-refractivity contribution in [3.8, 4) is 11.5 Å². The van der Waals surface area contributed by atoms with E-state index in [0.717, 1.165) is 61.8 Å². The second-order valence-corrected chi connectivity index (χ2v) is 14.9. The Morgan fingerprint density at radius 3 is 2.33 bits per heavy atom. The minimum absolute atomic E-state index is 0.103. The molecule has 0 radical (unpaired) electrons. The van der Waals surface area contributed by atoms with E-state index in [2.05, 4.69) is 24.7 Å². The van der Waals surface area contributed by atoms with Gasteiger partial charge in [0.2, 0.25) is 5.79 Å². The van der Waals surface area contributed by atoms with Crippen LogP contribution in [0.5, 0.6) is 11.5 Å². The molecule has 1 heterocycles. The smallest absolute Gasteiger partial charge is 0.409 e. The van der Waals surface area contributed by atoms with E-state index in [1.165, 1.54) is 52.1 Å². The minimum Gasteiger partial charge on any atom is -0.508 e. The molecule has 0 saturated heterocycles. The number of rotatable bonds is 24. The Kier molecular flexibility index (Phi) is 17.3. The van der Waals surface area contributed by atoms with Gasteiger partial charge in [-0.1, -0.05) is 94.9 Å². The Hall–Kier alpha value is -3.08. The zero-order valence-corrected chi connectivity index (χ0v) is 32.1. The number of hydrogen-bond donors (Lipinski definition) is 3. The van der Waals surface area contributed by atoms with E-state index >= 15 is 0 Å². The van der Waals surface area contributed by atoms with Crippen molar-refractivity contribution in [3.05, 3.63) is 48.1 Å². The molecule has 1 aliphatic heterocycles. The molecule has 6 atom stereocenters. The molecular weight excluding hydrogens is 660 g/mol. The average molecular weight is 727 g/mol. The Morgan fingerprint density at radius 1 is 1.00 bits per heavy atom. The number of carbonyl (C=O) groups is 1. The minimum atomic E-state index is -1.32. The standard InChI is InChI=1S/C42H66N2O8/c1-5-7-8-9-10-11-12-13-14-19-27-50-41(48)44(3)38-30-36(43-49-4)34-28-31(20-15-17-24-45)33(21-16-18-25-46)39-35-29-32(47)22-23-37(35)52-42(38,40(34)39)51-26-6-2/h6,22-23,28-29,31,33,38-40,45-47H,2,5,7-21,24-27,30H2,1,3-4H3. The quantitative estimate of drug-likeness (QED) is 0.0549. The summed E-state index contributed by atoms with van der Waals surface area (Å²) in [4.78, 5) is 20.9. The largest absolute Gasteiger partial charge is 0.508 e. The van der Waals surface area contributed by atoms with Crippen molar-refractivity contribution in [1.29, 1.82) is 0 Å². The van der Waals surface area contributed by atoms with Crippen LogP contribution in [0, 0.1) is 17.8 Å². The molecule has 10 heteroatoms. The predicted octanol–water partition coefficient (Wildman–Crippen LogP) is 8.64. The van der Waals surface area contributed by atoms with Gasteiger partial charge in [0.05, 0.1) is 24.8 Å². The van der Waals surface area contributed by atoms with Gasteiger partial charge in [0.15, 0.2) is 0 Å². The number of allylic oxidation sites excluding steroid dienone is 1. The van der Waals surface area contributed by atoms with Crippen LogP contribution in [0.1, 0.15) is 128 Å². The van der Waals surface area contributed by atoms with Crippen LogP contribution in [0.2, 0.25) is 0 Å². The number of phenols is 1. The van der Waals surface area contributed by atoms with E-state index in [0.29, 0.717) is 31.6 Å². The molecule has 1 fully saturated rings. The molecule has 10 nitrogen and oxygen atoms in total. The number of aliphatic hydroxyl groups excluding tert-OH is 2. The third-order valence-electron chi connectivity index (χ3n) is 11.3. The topological polar surface area (TPSA) is 130 Å². The Labute approximate surface area is 312 Å². The highest BCUT2D eigenvalue weighted by molar-refractivity contribution is 6.02. The Bertz CT molecular complexity index is 1320. The zero-order valence-electron chi connectivity index (χ0n) is 32.1. The summed E-state index contributed by atoms with van der Waals surface area (Å²) in [5, 5.41) is 34.7. The maximum absolute atomic E-state index is 13.8. The molecule has 1 saturated carbocycles. The predicted molar refractivity (Wildman–Crippen MR) is 205 cm³/mol. The van der Waals surface area contributed by atoms with Crippen LogP contribution in [-0.4, -0.2) is 84.4 Å². The third-order valence-corrected chi connectivity index (χ3v) is 11.3. The Balaban J connectivity index is 1.65. The number of hydrogen-bond acceptors (Lipinski definition) is 9. The average Bonchev–Trinajstić information content (AvgIpc) is 3.14. The fourth-order valence-electron chi connectivity index (χ4n) is 8.83. The first-order valence-corrected chi connectivity index (χ1v) is 20.1. The van der Waals surface area contributed by atoms with E-state index in [9.17, 15) is 20.1 Å². The molecule has 4 rings (SSSR count). The fraction of sp³-hybridized carbons (Fsp3) is 0.714. The number of ether oxygens (including phenoxy) is 3.